The van der Waals surface area contributed by atoms with Gasteiger partial charge in [0.2, 0.25) is 15.0 Å². The number of carbonyl (C=O) groups excluding carboxylic acids is 1. The average Bonchev–Trinajstić information content (AvgIpc) is 2.46. The molecular weight excluding hydrogens is 342 g/mol. The second-order valence-electron chi connectivity index (χ2n) is 6.42. The smallest absolute Gasteiger partial charge is 0.410 e. The number of nitrogens with zero attached hydrogens (tertiary/aromatic N) is 3. The van der Waals surface area contributed by atoms with Gasteiger partial charge in [-0.1, -0.05) is 11.6 Å². The molecule has 0 aliphatic carbocycles. The molecule has 1 amide bonds. The number of halogens is 1. The van der Waals surface area contributed by atoms with Gasteiger partial charge in [-0.3, -0.25) is 0 Å². The van der Waals surface area contributed by atoms with E-state index in [1.165, 1.54) is 17.3 Å². The SMILES string of the molecule is CC(C)(C)OC(=O)N1CCC[C@@H](S(=O)(=O)c2ncc(Cl)cn2)C1. The second kappa shape index (κ2) is 6.60. The Labute approximate surface area is 140 Å². The Morgan fingerprint density at radius 1 is 1.35 bits per heavy atom. The number of rotatable bonds is 2. The Hall–Kier alpha value is -1.41. The minimum Gasteiger partial charge on any atom is -0.444 e. The van der Waals surface area contributed by atoms with E-state index in [4.69, 9.17) is 16.3 Å². The molecule has 0 bridgehead atoms. The highest BCUT2D eigenvalue weighted by Crippen LogP contribution is 2.23. The van der Waals surface area contributed by atoms with Crippen LogP contribution in [-0.2, 0) is 14.6 Å². The average molecular weight is 362 g/mol. The van der Waals surface area contributed by atoms with E-state index in [-0.39, 0.29) is 16.7 Å². The first kappa shape index (κ1) is 17.9. The van der Waals surface area contributed by atoms with Crippen LogP contribution in [-0.4, -0.2) is 53.3 Å². The molecule has 23 heavy (non-hydrogen) atoms. The van der Waals surface area contributed by atoms with Gasteiger partial charge in [-0.05, 0) is 33.6 Å². The number of hydrogen-bond donors (Lipinski definition) is 0. The minimum absolute atomic E-state index is 0.0727. The zero-order valence-corrected chi connectivity index (χ0v) is 14.9. The van der Waals surface area contributed by atoms with Crippen molar-refractivity contribution in [2.45, 2.75) is 49.6 Å². The number of amides is 1. The molecule has 1 aromatic heterocycles. The van der Waals surface area contributed by atoms with Crippen molar-refractivity contribution >= 4 is 27.5 Å². The predicted octanol–water partition coefficient (Wildman–Crippen LogP) is 2.30. The molecule has 1 atom stereocenters. The summed E-state index contributed by atoms with van der Waals surface area (Å²) in [7, 11) is -3.72. The van der Waals surface area contributed by atoms with Crippen molar-refractivity contribution in [3.63, 3.8) is 0 Å². The van der Waals surface area contributed by atoms with Crippen LogP contribution >= 0.6 is 11.6 Å². The van der Waals surface area contributed by atoms with Gasteiger partial charge in [-0.15, -0.1) is 0 Å². The molecule has 0 N–H and O–H groups in total. The summed E-state index contributed by atoms with van der Waals surface area (Å²) in [6, 6.07) is 0. The van der Waals surface area contributed by atoms with Crippen LogP contribution in [0.15, 0.2) is 17.6 Å². The molecule has 0 saturated carbocycles. The lowest BCUT2D eigenvalue weighted by Gasteiger charge is -2.33. The van der Waals surface area contributed by atoms with E-state index in [9.17, 15) is 13.2 Å². The summed E-state index contributed by atoms with van der Waals surface area (Å²) >= 11 is 5.68. The zero-order chi connectivity index (χ0) is 17.3. The lowest BCUT2D eigenvalue weighted by Crippen LogP contribution is -2.47. The fourth-order valence-electron chi connectivity index (χ4n) is 2.28. The summed E-state index contributed by atoms with van der Waals surface area (Å²) < 4.78 is 30.5. The third-order valence-corrected chi connectivity index (χ3v) is 5.50. The van der Waals surface area contributed by atoms with Crippen molar-refractivity contribution < 1.29 is 17.9 Å². The lowest BCUT2D eigenvalue weighted by molar-refractivity contribution is 0.0219. The molecular formula is C14H20ClN3O4S. The number of sulfone groups is 1. The maximum Gasteiger partial charge on any atom is 0.410 e. The second-order valence-corrected chi connectivity index (χ2v) is 8.98. The van der Waals surface area contributed by atoms with Crippen LogP contribution in [0.3, 0.4) is 0 Å². The standard InChI is InChI=1S/C14H20ClN3O4S/c1-14(2,3)22-13(19)18-6-4-5-11(9-18)23(20,21)12-16-7-10(15)8-17-12/h7-8,11H,4-6,9H2,1-3H3/t11-/m1/s1. The number of hydrogen-bond acceptors (Lipinski definition) is 6. The van der Waals surface area contributed by atoms with Crippen molar-refractivity contribution in [1.29, 1.82) is 0 Å². The molecule has 7 nitrogen and oxygen atoms in total. The molecule has 0 radical (unpaired) electrons. The van der Waals surface area contributed by atoms with Gasteiger partial charge in [0.25, 0.3) is 0 Å². The van der Waals surface area contributed by atoms with Gasteiger partial charge >= 0.3 is 6.09 Å². The largest absolute Gasteiger partial charge is 0.444 e. The monoisotopic (exact) mass is 361 g/mol. The first-order valence-electron chi connectivity index (χ1n) is 7.29. The summed E-state index contributed by atoms with van der Waals surface area (Å²) in [4.78, 5) is 21.1. The highest BCUT2D eigenvalue weighted by molar-refractivity contribution is 7.91. The number of aromatic nitrogens is 2. The van der Waals surface area contributed by atoms with Gasteiger partial charge < -0.3 is 9.64 Å². The molecule has 2 heterocycles. The van der Waals surface area contributed by atoms with Crippen LogP contribution in [0.5, 0.6) is 0 Å². The van der Waals surface area contributed by atoms with Gasteiger partial charge in [0.05, 0.1) is 22.7 Å². The van der Waals surface area contributed by atoms with Crippen LogP contribution in [0, 0.1) is 0 Å². The van der Waals surface area contributed by atoms with Crippen molar-refractivity contribution in [1.82, 2.24) is 14.9 Å². The van der Waals surface area contributed by atoms with Gasteiger partial charge in [-0.2, -0.15) is 0 Å². The summed E-state index contributed by atoms with van der Waals surface area (Å²) in [5.41, 5.74) is -0.623. The van der Waals surface area contributed by atoms with E-state index in [1.807, 2.05) is 0 Å². The summed E-state index contributed by atoms with van der Waals surface area (Å²) in [6.45, 7) is 5.85. The molecule has 0 aromatic carbocycles. The van der Waals surface area contributed by atoms with E-state index in [1.54, 1.807) is 20.8 Å². The molecule has 1 fully saturated rings. The van der Waals surface area contributed by atoms with E-state index in [0.717, 1.165) is 0 Å². The Morgan fingerprint density at radius 2 is 1.96 bits per heavy atom. The maximum atomic E-state index is 12.6. The molecule has 0 unspecified atom stereocenters. The Kier molecular flexibility index (Phi) is 5.15. The normalized spacial score (nSPS) is 19.5. The Balaban J connectivity index is 2.14. The van der Waals surface area contributed by atoms with Crippen LogP contribution in [0.4, 0.5) is 4.79 Å². The van der Waals surface area contributed by atoms with E-state index >= 15 is 0 Å². The van der Waals surface area contributed by atoms with Crippen molar-refractivity contribution in [2.24, 2.45) is 0 Å². The number of likely N-dealkylation sites (tertiary alicyclic amines) is 1. The van der Waals surface area contributed by atoms with Gasteiger partial charge in [0.15, 0.2) is 0 Å². The van der Waals surface area contributed by atoms with Crippen LogP contribution in [0.1, 0.15) is 33.6 Å². The Morgan fingerprint density at radius 3 is 2.52 bits per heavy atom. The molecule has 1 aliphatic heterocycles. The first-order valence-corrected chi connectivity index (χ1v) is 9.21. The van der Waals surface area contributed by atoms with Crippen molar-refractivity contribution in [2.75, 3.05) is 13.1 Å². The first-order chi connectivity index (χ1) is 10.6. The van der Waals surface area contributed by atoms with Gasteiger partial charge in [0, 0.05) is 13.1 Å². The summed E-state index contributed by atoms with van der Waals surface area (Å²) in [5.74, 6) is 0. The number of piperidine rings is 1. The fourth-order valence-corrected chi connectivity index (χ4v) is 3.93. The van der Waals surface area contributed by atoms with E-state index in [0.29, 0.717) is 19.4 Å². The molecule has 1 aliphatic rings. The molecule has 1 saturated heterocycles. The van der Waals surface area contributed by atoms with Gasteiger partial charge in [0.1, 0.15) is 5.60 Å². The molecule has 2 rings (SSSR count). The maximum absolute atomic E-state index is 12.6. The van der Waals surface area contributed by atoms with Crippen LogP contribution < -0.4 is 0 Å². The molecule has 0 spiro atoms. The van der Waals surface area contributed by atoms with Crippen molar-refractivity contribution in [3.05, 3.63) is 17.4 Å². The van der Waals surface area contributed by atoms with Crippen molar-refractivity contribution in [3.8, 4) is 0 Å². The third-order valence-electron chi connectivity index (χ3n) is 3.32. The predicted molar refractivity (Wildman–Crippen MR) is 85.1 cm³/mol. The molecule has 9 heteroatoms. The zero-order valence-electron chi connectivity index (χ0n) is 13.3. The minimum atomic E-state index is -3.72. The summed E-state index contributed by atoms with van der Waals surface area (Å²) in [6.07, 6.45) is 3.02. The Bertz CT molecular complexity index is 670. The van der Waals surface area contributed by atoms with Crippen LogP contribution in [0.25, 0.3) is 0 Å². The molecule has 1 aromatic rings. The topological polar surface area (TPSA) is 89.5 Å². The molecule has 128 valence electrons. The van der Waals surface area contributed by atoms with E-state index < -0.39 is 26.8 Å². The number of carbonyl (C=O) groups is 1. The van der Waals surface area contributed by atoms with E-state index in [2.05, 4.69) is 9.97 Å². The van der Waals surface area contributed by atoms with Gasteiger partial charge in [-0.25, -0.2) is 23.2 Å². The third kappa shape index (κ3) is 4.54. The summed E-state index contributed by atoms with van der Waals surface area (Å²) in [5, 5.41) is -0.745. The highest BCUT2D eigenvalue weighted by Gasteiger charge is 2.36. The number of ether oxygens (including phenoxy) is 1. The quantitative estimate of drug-likeness (QED) is 0.751. The highest BCUT2D eigenvalue weighted by atomic mass is 35.5. The lowest BCUT2D eigenvalue weighted by atomic mass is 10.1. The van der Waals surface area contributed by atoms with Crippen LogP contribution in [0.2, 0.25) is 5.02 Å². The fraction of sp³-hybridized carbons (Fsp3) is 0.643.